The Morgan fingerprint density at radius 1 is 0.867 bits per heavy atom. The van der Waals surface area contributed by atoms with Crippen molar-refractivity contribution in [3.63, 3.8) is 0 Å². The van der Waals surface area contributed by atoms with Crippen molar-refractivity contribution < 1.29 is 23.8 Å². The van der Waals surface area contributed by atoms with Gasteiger partial charge in [0, 0.05) is 12.7 Å². The molecule has 1 fully saturated rings. The van der Waals surface area contributed by atoms with E-state index in [4.69, 9.17) is 14.2 Å². The number of carbonyl (C=O) groups is 2. The van der Waals surface area contributed by atoms with Crippen LogP contribution in [0, 0.1) is 5.92 Å². The zero-order chi connectivity index (χ0) is 21.4. The van der Waals surface area contributed by atoms with E-state index in [0.29, 0.717) is 12.4 Å². The number of benzene rings is 1. The predicted molar refractivity (Wildman–Crippen MR) is 117 cm³/mol. The van der Waals surface area contributed by atoms with Crippen LogP contribution in [-0.4, -0.2) is 31.3 Å². The summed E-state index contributed by atoms with van der Waals surface area (Å²) in [4.78, 5) is 23.2. The molecule has 1 aromatic carbocycles. The van der Waals surface area contributed by atoms with Gasteiger partial charge in [0.2, 0.25) is 0 Å². The molecule has 166 valence electrons. The Bertz CT molecular complexity index is 620. The van der Waals surface area contributed by atoms with E-state index in [0.717, 1.165) is 51.6 Å². The highest BCUT2D eigenvalue weighted by Crippen LogP contribution is 2.28. The number of para-hydroxylation sites is 1. The maximum atomic E-state index is 12.3. The molecule has 0 spiro atoms. The fraction of sp³-hybridized carbons (Fsp3) is 0.600. The van der Waals surface area contributed by atoms with Gasteiger partial charge in [0.1, 0.15) is 5.75 Å². The molecule has 0 bridgehead atoms. The van der Waals surface area contributed by atoms with Gasteiger partial charge in [0.25, 0.3) is 0 Å². The molecule has 1 aromatic rings. The van der Waals surface area contributed by atoms with Gasteiger partial charge in [-0.3, -0.25) is 4.79 Å². The van der Waals surface area contributed by atoms with Crippen molar-refractivity contribution in [3.8, 4) is 5.75 Å². The lowest BCUT2D eigenvalue weighted by molar-refractivity contribution is -0.141. The van der Waals surface area contributed by atoms with Gasteiger partial charge in [-0.15, -0.1) is 0 Å². The number of hydrogen-bond acceptors (Lipinski definition) is 5. The Morgan fingerprint density at radius 3 is 2.10 bits per heavy atom. The Kier molecular flexibility index (Phi) is 11.9. The molecule has 0 N–H and O–H groups in total. The van der Waals surface area contributed by atoms with Crippen LogP contribution in [0.4, 0.5) is 0 Å². The van der Waals surface area contributed by atoms with Crippen LogP contribution in [0.3, 0.4) is 0 Å². The monoisotopic (exact) mass is 416 g/mol. The van der Waals surface area contributed by atoms with Gasteiger partial charge in [-0.25, -0.2) is 4.79 Å². The number of rotatable bonds is 14. The maximum Gasteiger partial charge on any atom is 0.330 e. The first-order chi connectivity index (χ1) is 14.7. The van der Waals surface area contributed by atoms with Crippen molar-refractivity contribution >= 4 is 11.9 Å². The van der Waals surface area contributed by atoms with E-state index in [-0.39, 0.29) is 24.0 Å². The van der Waals surface area contributed by atoms with Crippen LogP contribution in [0.15, 0.2) is 43.0 Å². The fourth-order valence-corrected chi connectivity index (χ4v) is 3.72. The zero-order valence-corrected chi connectivity index (χ0v) is 18.1. The van der Waals surface area contributed by atoms with Crippen LogP contribution in [0.5, 0.6) is 5.75 Å². The van der Waals surface area contributed by atoms with Gasteiger partial charge in [-0.05, 0) is 50.7 Å². The molecule has 1 aliphatic carbocycles. The minimum Gasteiger partial charge on any atom is -0.463 e. The third-order valence-electron chi connectivity index (χ3n) is 5.52. The minimum absolute atomic E-state index is 0.00894. The number of esters is 2. The second-order valence-electron chi connectivity index (χ2n) is 7.93. The van der Waals surface area contributed by atoms with Crippen LogP contribution in [-0.2, 0) is 19.1 Å². The van der Waals surface area contributed by atoms with E-state index < -0.39 is 0 Å². The normalized spacial score (nSPS) is 18.5. The van der Waals surface area contributed by atoms with Gasteiger partial charge in [-0.1, -0.05) is 56.9 Å². The van der Waals surface area contributed by atoms with Crippen LogP contribution in [0.1, 0.15) is 70.6 Å². The van der Waals surface area contributed by atoms with Crippen molar-refractivity contribution in [2.45, 2.75) is 76.7 Å². The van der Waals surface area contributed by atoms with Crippen LogP contribution < -0.4 is 4.74 Å². The molecule has 0 unspecified atom stereocenters. The Labute approximate surface area is 180 Å². The number of hydrogen-bond donors (Lipinski definition) is 0. The summed E-state index contributed by atoms with van der Waals surface area (Å²) in [5, 5.41) is 0. The Balaban J connectivity index is 1.41. The van der Waals surface area contributed by atoms with Crippen LogP contribution in [0.25, 0.3) is 0 Å². The average Bonchev–Trinajstić information content (AvgIpc) is 2.78. The molecule has 0 aromatic heterocycles. The molecular weight excluding hydrogens is 380 g/mol. The van der Waals surface area contributed by atoms with E-state index >= 15 is 0 Å². The minimum atomic E-state index is -0.337. The summed E-state index contributed by atoms with van der Waals surface area (Å²) in [6.07, 6.45) is 12.9. The lowest BCUT2D eigenvalue weighted by Gasteiger charge is -2.27. The summed E-state index contributed by atoms with van der Waals surface area (Å²) in [6, 6.07) is 9.28. The fourth-order valence-electron chi connectivity index (χ4n) is 3.72. The summed E-state index contributed by atoms with van der Waals surface area (Å²) in [5.41, 5.74) is 0. The van der Waals surface area contributed by atoms with Gasteiger partial charge in [0.05, 0.1) is 18.6 Å². The van der Waals surface area contributed by atoms with Gasteiger partial charge in [-0.2, -0.15) is 0 Å². The maximum absolute atomic E-state index is 12.3. The van der Waals surface area contributed by atoms with Gasteiger partial charge in [0.15, 0.2) is 0 Å². The lowest BCUT2D eigenvalue weighted by Crippen LogP contribution is -2.29. The Morgan fingerprint density at radius 2 is 1.47 bits per heavy atom. The van der Waals surface area contributed by atoms with Crippen LogP contribution >= 0.6 is 0 Å². The first kappa shape index (κ1) is 24.1. The molecule has 0 saturated heterocycles. The van der Waals surface area contributed by atoms with E-state index in [1.807, 2.05) is 30.3 Å². The molecule has 0 heterocycles. The molecule has 1 aliphatic rings. The van der Waals surface area contributed by atoms with Crippen molar-refractivity contribution in [2.24, 2.45) is 5.92 Å². The topological polar surface area (TPSA) is 61.8 Å². The summed E-state index contributed by atoms with van der Waals surface area (Å²) in [5.74, 6) is 0.163. The molecule has 0 radical (unpaired) electrons. The summed E-state index contributed by atoms with van der Waals surface area (Å²) in [6.45, 7) is 4.67. The first-order valence-electron chi connectivity index (χ1n) is 11.4. The smallest absolute Gasteiger partial charge is 0.330 e. The van der Waals surface area contributed by atoms with E-state index in [1.165, 1.54) is 31.8 Å². The molecule has 0 aliphatic heterocycles. The standard InChI is InChI=1S/C25H36O5/c1-2-24(26)29-20-12-7-5-3-4-6-11-19-28-22-17-15-21(16-18-22)25(27)30-23-13-9-8-10-14-23/h2,8-10,13-14,21-22H,1,3-7,11-12,15-20H2. The number of ether oxygens (including phenoxy) is 3. The molecule has 2 rings (SSSR count). The highest BCUT2D eigenvalue weighted by atomic mass is 16.5. The van der Waals surface area contributed by atoms with Crippen molar-refractivity contribution in [2.75, 3.05) is 13.2 Å². The molecule has 5 nitrogen and oxygen atoms in total. The van der Waals surface area contributed by atoms with Gasteiger partial charge < -0.3 is 14.2 Å². The van der Waals surface area contributed by atoms with Gasteiger partial charge >= 0.3 is 11.9 Å². The summed E-state index contributed by atoms with van der Waals surface area (Å²) < 4.78 is 16.4. The average molecular weight is 417 g/mol. The zero-order valence-electron chi connectivity index (χ0n) is 18.1. The third-order valence-corrected chi connectivity index (χ3v) is 5.52. The SMILES string of the molecule is C=CC(=O)OCCCCCCCCCOC1CCC(C(=O)Oc2ccccc2)CC1. The number of unbranched alkanes of at least 4 members (excludes halogenated alkanes) is 6. The van der Waals surface area contributed by atoms with Crippen molar-refractivity contribution in [3.05, 3.63) is 43.0 Å². The van der Waals surface area contributed by atoms with E-state index in [9.17, 15) is 9.59 Å². The Hall–Kier alpha value is -2.14. The van der Waals surface area contributed by atoms with E-state index in [1.54, 1.807) is 0 Å². The highest BCUT2D eigenvalue weighted by molar-refractivity contribution is 5.81. The predicted octanol–water partition coefficient (Wildman–Crippen LogP) is 5.63. The lowest BCUT2D eigenvalue weighted by atomic mass is 9.87. The molecule has 0 amide bonds. The third kappa shape index (κ3) is 10.1. The van der Waals surface area contributed by atoms with Crippen molar-refractivity contribution in [1.82, 2.24) is 0 Å². The van der Waals surface area contributed by atoms with Crippen molar-refractivity contribution in [1.29, 1.82) is 0 Å². The second kappa shape index (κ2) is 14.8. The molecule has 30 heavy (non-hydrogen) atoms. The molecule has 1 saturated carbocycles. The second-order valence-corrected chi connectivity index (χ2v) is 7.93. The summed E-state index contributed by atoms with van der Waals surface area (Å²) >= 11 is 0. The quantitative estimate of drug-likeness (QED) is 0.170. The molecule has 0 atom stereocenters. The molecule has 5 heteroatoms. The largest absolute Gasteiger partial charge is 0.463 e. The van der Waals surface area contributed by atoms with E-state index in [2.05, 4.69) is 6.58 Å². The summed E-state index contributed by atoms with van der Waals surface area (Å²) in [7, 11) is 0. The number of carbonyl (C=O) groups excluding carboxylic acids is 2. The highest BCUT2D eigenvalue weighted by Gasteiger charge is 2.28. The first-order valence-corrected chi connectivity index (χ1v) is 11.4. The molecular formula is C25H36O5. The van der Waals surface area contributed by atoms with Crippen LogP contribution in [0.2, 0.25) is 0 Å².